The van der Waals surface area contributed by atoms with E-state index < -0.39 is 26.7 Å². The summed E-state index contributed by atoms with van der Waals surface area (Å²) < 4.78 is 59.3. The SMILES string of the molecule is NNS(=O)(=O)c1cc(Cl)cc(C(F)(F)F)c1. The highest BCUT2D eigenvalue weighted by Gasteiger charge is 2.32. The van der Waals surface area contributed by atoms with Gasteiger partial charge in [-0.2, -0.15) is 18.0 Å². The largest absolute Gasteiger partial charge is 0.416 e. The highest BCUT2D eigenvalue weighted by molar-refractivity contribution is 7.89. The van der Waals surface area contributed by atoms with Crippen molar-refractivity contribution in [2.75, 3.05) is 0 Å². The first-order valence-corrected chi connectivity index (χ1v) is 5.63. The molecule has 0 aliphatic heterocycles. The van der Waals surface area contributed by atoms with Gasteiger partial charge in [-0.15, -0.1) is 0 Å². The van der Waals surface area contributed by atoms with Gasteiger partial charge in [0.15, 0.2) is 0 Å². The summed E-state index contributed by atoms with van der Waals surface area (Å²) in [7, 11) is -4.16. The zero-order chi connectivity index (χ0) is 12.6. The molecule has 0 spiro atoms. The molecule has 0 unspecified atom stereocenters. The Morgan fingerprint density at radius 2 is 1.81 bits per heavy atom. The maximum Gasteiger partial charge on any atom is 0.416 e. The van der Waals surface area contributed by atoms with Gasteiger partial charge < -0.3 is 0 Å². The Morgan fingerprint density at radius 1 is 1.25 bits per heavy atom. The van der Waals surface area contributed by atoms with E-state index in [1.807, 2.05) is 0 Å². The number of rotatable bonds is 2. The van der Waals surface area contributed by atoms with Crippen molar-refractivity contribution in [3.05, 3.63) is 28.8 Å². The summed E-state index contributed by atoms with van der Waals surface area (Å²) in [4.78, 5) is 0.766. The quantitative estimate of drug-likeness (QED) is 0.634. The van der Waals surface area contributed by atoms with Crippen molar-refractivity contribution in [2.45, 2.75) is 11.1 Å². The molecule has 0 aliphatic rings. The third kappa shape index (κ3) is 2.85. The van der Waals surface area contributed by atoms with Crippen LogP contribution in [0, 0.1) is 0 Å². The zero-order valence-corrected chi connectivity index (χ0v) is 9.12. The van der Waals surface area contributed by atoms with Crippen molar-refractivity contribution < 1.29 is 21.6 Å². The molecule has 1 aromatic rings. The maximum atomic E-state index is 12.3. The summed E-state index contributed by atoms with van der Waals surface area (Å²) in [5.41, 5.74) is -1.16. The number of nitrogens with one attached hydrogen (secondary N) is 1. The zero-order valence-electron chi connectivity index (χ0n) is 7.55. The minimum Gasteiger partial charge on any atom is -0.257 e. The molecular weight excluding hydrogens is 269 g/mol. The minimum absolute atomic E-state index is 0.344. The Labute approximate surface area is 94.2 Å². The fourth-order valence-electron chi connectivity index (χ4n) is 0.950. The molecule has 9 heteroatoms. The van der Waals surface area contributed by atoms with E-state index in [9.17, 15) is 21.6 Å². The first kappa shape index (κ1) is 13.2. The van der Waals surface area contributed by atoms with Crippen LogP contribution < -0.4 is 10.7 Å². The van der Waals surface area contributed by atoms with Gasteiger partial charge in [-0.3, -0.25) is 5.84 Å². The number of nitrogens with two attached hydrogens (primary N) is 1. The van der Waals surface area contributed by atoms with Gasteiger partial charge in [-0.05, 0) is 18.2 Å². The highest BCUT2D eigenvalue weighted by atomic mass is 35.5. The molecule has 0 bridgehead atoms. The normalized spacial score (nSPS) is 12.8. The van der Waals surface area contributed by atoms with E-state index in [1.165, 1.54) is 4.83 Å². The van der Waals surface area contributed by atoms with Gasteiger partial charge in [-0.1, -0.05) is 11.6 Å². The van der Waals surface area contributed by atoms with E-state index >= 15 is 0 Å². The molecule has 0 radical (unpaired) electrons. The van der Waals surface area contributed by atoms with Crippen molar-refractivity contribution in [3.63, 3.8) is 0 Å². The van der Waals surface area contributed by atoms with Crippen LogP contribution in [0.5, 0.6) is 0 Å². The molecule has 1 rings (SSSR count). The molecule has 0 fully saturated rings. The topological polar surface area (TPSA) is 72.2 Å². The lowest BCUT2D eigenvalue weighted by atomic mass is 10.2. The molecule has 0 saturated carbocycles. The van der Waals surface area contributed by atoms with Crippen molar-refractivity contribution in [2.24, 2.45) is 5.84 Å². The van der Waals surface area contributed by atoms with Crippen LogP contribution in [0.15, 0.2) is 23.1 Å². The van der Waals surface area contributed by atoms with Gasteiger partial charge in [0.05, 0.1) is 10.5 Å². The first-order chi connectivity index (χ1) is 7.16. The van der Waals surface area contributed by atoms with E-state index in [4.69, 9.17) is 11.6 Å². The standard InChI is InChI=1S/C7H6ClF3N2O2S/c8-5-1-4(7(9,10)11)2-6(3-5)16(14,15)13-12/h1-3,13H,12H2. The number of halogens is 4. The van der Waals surface area contributed by atoms with E-state index in [0.717, 1.165) is 6.07 Å². The van der Waals surface area contributed by atoms with Gasteiger partial charge in [0.1, 0.15) is 0 Å². The summed E-state index contributed by atoms with van der Waals surface area (Å²) in [5, 5.41) is -0.344. The number of alkyl halides is 3. The van der Waals surface area contributed by atoms with Crippen molar-refractivity contribution in [3.8, 4) is 0 Å². The summed E-state index contributed by atoms with van der Waals surface area (Å²) >= 11 is 5.39. The van der Waals surface area contributed by atoms with Gasteiger partial charge in [0.25, 0.3) is 10.0 Å². The molecule has 16 heavy (non-hydrogen) atoms. The molecule has 3 N–H and O–H groups in total. The molecule has 0 aliphatic carbocycles. The van der Waals surface area contributed by atoms with Crippen LogP contribution in [0.3, 0.4) is 0 Å². The van der Waals surface area contributed by atoms with Gasteiger partial charge in [-0.25, -0.2) is 8.42 Å². The summed E-state index contributed by atoms with van der Waals surface area (Å²) in [5.74, 6) is 4.69. The van der Waals surface area contributed by atoms with Gasteiger partial charge in [0.2, 0.25) is 0 Å². The second-order valence-corrected chi connectivity index (χ2v) is 4.95. The van der Waals surface area contributed by atoms with E-state index in [2.05, 4.69) is 5.84 Å². The molecule has 90 valence electrons. The third-order valence-electron chi connectivity index (χ3n) is 1.66. The van der Waals surface area contributed by atoms with Crippen molar-refractivity contribution in [1.29, 1.82) is 0 Å². The van der Waals surface area contributed by atoms with Crippen LogP contribution in [0.1, 0.15) is 5.56 Å². The van der Waals surface area contributed by atoms with E-state index in [1.54, 1.807) is 0 Å². The fourth-order valence-corrected chi connectivity index (χ4v) is 1.95. The Bertz CT molecular complexity index is 501. The Balaban J connectivity index is 3.41. The lowest BCUT2D eigenvalue weighted by Gasteiger charge is -2.09. The lowest BCUT2D eigenvalue weighted by Crippen LogP contribution is -2.30. The molecule has 4 nitrogen and oxygen atoms in total. The molecule has 0 saturated heterocycles. The smallest absolute Gasteiger partial charge is 0.257 e. The molecule has 0 amide bonds. The van der Waals surface area contributed by atoms with Gasteiger partial charge in [0, 0.05) is 5.02 Å². The second-order valence-electron chi connectivity index (χ2n) is 2.79. The Hall–Kier alpha value is -0.830. The first-order valence-electron chi connectivity index (χ1n) is 3.77. The summed E-state index contributed by atoms with van der Waals surface area (Å²) in [6.45, 7) is 0. The van der Waals surface area contributed by atoms with Gasteiger partial charge >= 0.3 is 6.18 Å². The number of hydrogen-bond donors (Lipinski definition) is 2. The monoisotopic (exact) mass is 274 g/mol. The molecular formula is C7H6ClF3N2O2S. The number of hydrogen-bond acceptors (Lipinski definition) is 3. The van der Waals surface area contributed by atoms with Crippen LogP contribution in [-0.2, 0) is 16.2 Å². The van der Waals surface area contributed by atoms with Crippen LogP contribution in [0.4, 0.5) is 13.2 Å². The van der Waals surface area contributed by atoms with Crippen molar-refractivity contribution >= 4 is 21.6 Å². The second kappa shape index (κ2) is 4.21. The predicted octanol–water partition coefficient (Wildman–Crippen LogP) is 1.51. The van der Waals surface area contributed by atoms with E-state index in [-0.39, 0.29) is 5.02 Å². The third-order valence-corrected chi connectivity index (χ3v) is 3.05. The average molecular weight is 275 g/mol. The minimum atomic E-state index is -4.68. The summed E-state index contributed by atoms with van der Waals surface area (Å²) in [6, 6.07) is 1.93. The molecule has 1 aromatic carbocycles. The Kier molecular flexibility index (Phi) is 3.48. The van der Waals surface area contributed by atoms with Crippen LogP contribution >= 0.6 is 11.6 Å². The number of benzene rings is 1. The predicted molar refractivity (Wildman–Crippen MR) is 51.0 cm³/mol. The van der Waals surface area contributed by atoms with Crippen LogP contribution in [0.2, 0.25) is 5.02 Å². The fraction of sp³-hybridized carbons (Fsp3) is 0.143. The summed E-state index contributed by atoms with van der Waals surface area (Å²) in [6.07, 6.45) is -4.68. The van der Waals surface area contributed by atoms with Crippen LogP contribution in [-0.4, -0.2) is 8.42 Å². The van der Waals surface area contributed by atoms with Crippen LogP contribution in [0.25, 0.3) is 0 Å². The Morgan fingerprint density at radius 3 is 2.25 bits per heavy atom. The number of sulfonamides is 1. The average Bonchev–Trinajstić information content (AvgIpc) is 2.15. The molecule has 0 aromatic heterocycles. The maximum absolute atomic E-state index is 12.3. The highest BCUT2D eigenvalue weighted by Crippen LogP contribution is 2.32. The molecule has 0 heterocycles. The molecule has 0 atom stereocenters. The van der Waals surface area contributed by atoms with E-state index in [0.29, 0.717) is 12.1 Å². The lowest BCUT2D eigenvalue weighted by molar-refractivity contribution is -0.137. The number of hydrazine groups is 1. The van der Waals surface area contributed by atoms with Crippen molar-refractivity contribution in [1.82, 2.24) is 4.83 Å².